The van der Waals surface area contributed by atoms with E-state index in [1.165, 1.54) is 23.9 Å². The van der Waals surface area contributed by atoms with E-state index in [1.807, 2.05) is 37.3 Å². The fraction of sp³-hybridized carbons (Fsp3) is 0.222. The van der Waals surface area contributed by atoms with E-state index in [0.717, 1.165) is 11.3 Å². The van der Waals surface area contributed by atoms with Gasteiger partial charge in [-0.1, -0.05) is 30.3 Å². The van der Waals surface area contributed by atoms with E-state index in [1.54, 1.807) is 16.8 Å². The van der Waals surface area contributed by atoms with Crippen molar-refractivity contribution in [2.75, 3.05) is 0 Å². The molecule has 1 heterocycles. The van der Waals surface area contributed by atoms with Gasteiger partial charge in [-0.25, -0.2) is 4.39 Å². The fourth-order valence-corrected chi connectivity index (χ4v) is 3.09. The quantitative estimate of drug-likeness (QED) is 0.691. The smallest absolute Gasteiger partial charge is 0.233 e. The van der Waals surface area contributed by atoms with Crippen molar-refractivity contribution in [1.29, 1.82) is 0 Å². The fourth-order valence-electron chi connectivity index (χ4n) is 2.28. The van der Waals surface area contributed by atoms with Gasteiger partial charge in [-0.2, -0.15) is 4.68 Å². The number of tetrazole rings is 1. The van der Waals surface area contributed by atoms with E-state index in [9.17, 15) is 9.18 Å². The molecular weight excluding hydrogens is 353 g/mol. The summed E-state index contributed by atoms with van der Waals surface area (Å²) in [5, 5.41) is 14.4. The molecular formula is C18H18FN5OS. The number of halogens is 1. The van der Waals surface area contributed by atoms with Crippen LogP contribution in [0.2, 0.25) is 0 Å². The van der Waals surface area contributed by atoms with Gasteiger partial charge in [0.1, 0.15) is 5.82 Å². The molecule has 134 valence electrons. The van der Waals surface area contributed by atoms with Gasteiger partial charge < -0.3 is 5.32 Å². The maximum Gasteiger partial charge on any atom is 0.233 e. The first-order valence-corrected chi connectivity index (χ1v) is 9.15. The second kappa shape index (κ2) is 8.57. The molecule has 0 fully saturated rings. The summed E-state index contributed by atoms with van der Waals surface area (Å²) in [5.74, 6) is 0.810. The third-order valence-corrected chi connectivity index (χ3v) is 4.89. The lowest BCUT2D eigenvalue weighted by molar-refractivity contribution is -0.120. The highest BCUT2D eigenvalue weighted by Crippen LogP contribution is 2.18. The Balaban J connectivity index is 1.52. The molecule has 8 heteroatoms. The number of nitrogens with one attached hydrogen (secondary N) is 1. The summed E-state index contributed by atoms with van der Waals surface area (Å²) < 4.78 is 14.6. The van der Waals surface area contributed by atoms with E-state index < -0.39 is 0 Å². The molecule has 1 atom stereocenters. The number of carbonyl (C=O) groups is 1. The number of thioether (sulfide) groups is 1. The summed E-state index contributed by atoms with van der Waals surface area (Å²) in [5.41, 5.74) is 1.73. The van der Waals surface area contributed by atoms with Gasteiger partial charge in [0.15, 0.2) is 5.82 Å². The third-order valence-electron chi connectivity index (χ3n) is 3.75. The van der Waals surface area contributed by atoms with Crippen LogP contribution < -0.4 is 5.32 Å². The van der Waals surface area contributed by atoms with Gasteiger partial charge in [0.2, 0.25) is 5.91 Å². The van der Waals surface area contributed by atoms with Gasteiger partial charge in [-0.3, -0.25) is 4.79 Å². The van der Waals surface area contributed by atoms with Crippen LogP contribution in [0.15, 0.2) is 54.6 Å². The number of benzene rings is 2. The molecule has 0 spiro atoms. The minimum Gasteiger partial charge on any atom is -0.351 e. The van der Waals surface area contributed by atoms with Crippen LogP contribution in [0.3, 0.4) is 0 Å². The van der Waals surface area contributed by atoms with E-state index in [2.05, 4.69) is 20.8 Å². The Hall–Kier alpha value is -2.74. The summed E-state index contributed by atoms with van der Waals surface area (Å²) in [7, 11) is 0. The van der Waals surface area contributed by atoms with Crippen molar-refractivity contribution in [3.05, 3.63) is 71.8 Å². The highest BCUT2D eigenvalue weighted by atomic mass is 32.2. The topological polar surface area (TPSA) is 72.7 Å². The van der Waals surface area contributed by atoms with Crippen LogP contribution in [0, 0.1) is 5.82 Å². The number of hydrogen-bond donors (Lipinski definition) is 1. The minimum absolute atomic E-state index is 0.0851. The summed E-state index contributed by atoms with van der Waals surface area (Å²) in [4.78, 5) is 12.2. The molecule has 6 nitrogen and oxygen atoms in total. The summed E-state index contributed by atoms with van der Waals surface area (Å²) in [6, 6.07) is 15.7. The molecule has 1 aromatic heterocycles. The van der Waals surface area contributed by atoms with Gasteiger partial charge in [0, 0.05) is 6.54 Å². The highest BCUT2D eigenvalue weighted by Gasteiger charge is 2.16. The molecule has 0 saturated carbocycles. The van der Waals surface area contributed by atoms with Gasteiger partial charge in [-0.15, -0.1) is 16.9 Å². The Bertz CT molecular complexity index is 854. The number of para-hydroxylation sites is 1. The molecule has 0 bridgehead atoms. The Morgan fingerprint density at radius 3 is 2.65 bits per heavy atom. The monoisotopic (exact) mass is 371 g/mol. The molecule has 26 heavy (non-hydrogen) atoms. The molecule has 0 radical (unpaired) electrons. The predicted octanol–water partition coefficient (Wildman–Crippen LogP) is 2.74. The van der Waals surface area contributed by atoms with Crippen LogP contribution in [0.25, 0.3) is 5.69 Å². The van der Waals surface area contributed by atoms with Gasteiger partial charge in [-0.05, 0) is 47.2 Å². The predicted molar refractivity (Wildman–Crippen MR) is 98.2 cm³/mol. The first-order valence-electron chi connectivity index (χ1n) is 8.10. The summed E-state index contributed by atoms with van der Waals surface area (Å²) in [6.45, 7) is 2.20. The molecule has 2 aromatic carbocycles. The average molecular weight is 371 g/mol. The summed E-state index contributed by atoms with van der Waals surface area (Å²) in [6.07, 6.45) is 0. The maximum atomic E-state index is 12.9. The van der Waals surface area contributed by atoms with Crippen molar-refractivity contribution in [3.63, 3.8) is 0 Å². The first-order chi connectivity index (χ1) is 12.6. The minimum atomic E-state index is -0.292. The van der Waals surface area contributed by atoms with Gasteiger partial charge in [0.25, 0.3) is 0 Å². The van der Waals surface area contributed by atoms with E-state index in [0.29, 0.717) is 18.1 Å². The standard InChI is InChI=1S/C18H18FN5OS/c1-13(18(25)20-11-14-7-9-15(19)10-8-14)26-12-17-21-22-23-24(17)16-5-3-2-4-6-16/h2-10,13H,11-12H2,1H3,(H,20,25). The van der Waals surface area contributed by atoms with Crippen LogP contribution in [-0.4, -0.2) is 31.4 Å². The molecule has 0 aliphatic carbocycles. The molecule has 3 rings (SSSR count). The van der Waals surface area contributed by atoms with Crippen molar-refractivity contribution in [3.8, 4) is 5.69 Å². The molecule has 1 amide bonds. The Labute approximate surface area is 154 Å². The molecule has 0 aliphatic rings. The lowest BCUT2D eigenvalue weighted by Crippen LogP contribution is -2.30. The average Bonchev–Trinajstić information content (AvgIpc) is 3.14. The van der Waals surface area contributed by atoms with Crippen molar-refractivity contribution in [1.82, 2.24) is 25.5 Å². The highest BCUT2D eigenvalue weighted by molar-refractivity contribution is 7.99. The number of amides is 1. The Morgan fingerprint density at radius 1 is 1.19 bits per heavy atom. The van der Waals surface area contributed by atoms with Crippen LogP contribution >= 0.6 is 11.8 Å². The third kappa shape index (κ3) is 4.66. The van der Waals surface area contributed by atoms with Crippen LogP contribution in [0.5, 0.6) is 0 Å². The van der Waals surface area contributed by atoms with Gasteiger partial charge in [0.05, 0.1) is 16.7 Å². The van der Waals surface area contributed by atoms with Crippen LogP contribution in [0.4, 0.5) is 4.39 Å². The maximum absolute atomic E-state index is 12.9. The molecule has 1 unspecified atom stereocenters. The lowest BCUT2D eigenvalue weighted by Gasteiger charge is -2.12. The van der Waals surface area contributed by atoms with Crippen molar-refractivity contribution < 1.29 is 9.18 Å². The second-order valence-corrected chi connectivity index (χ2v) is 6.97. The lowest BCUT2D eigenvalue weighted by atomic mass is 10.2. The molecule has 3 aromatic rings. The van der Waals surface area contributed by atoms with Gasteiger partial charge >= 0.3 is 0 Å². The van der Waals surface area contributed by atoms with E-state index in [4.69, 9.17) is 0 Å². The molecule has 0 aliphatic heterocycles. The van der Waals surface area contributed by atoms with Crippen LogP contribution in [0.1, 0.15) is 18.3 Å². The van der Waals surface area contributed by atoms with Crippen LogP contribution in [-0.2, 0) is 17.1 Å². The zero-order chi connectivity index (χ0) is 18.4. The number of nitrogens with zero attached hydrogens (tertiary/aromatic N) is 4. The largest absolute Gasteiger partial charge is 0.351 e. The van der Waals surface area contributed by atoms with E-state index >= 15 is 0 Å². The van der Waals surface area contributed by atoms with Crippen molar-refractivity contribution >= 4 is 17.7 Å². The van der Waals surface area contributed by atoms with E-state index in [-0.39, 0.29) is 17.0 Å². The first kappa shape index (κ1) is 18.1. The molecule has 0 saturated heterocycles. The zero-order valence-electron chi connectivity index (χ0n) is 14.2. The zero-order valence-corrected chi connectivity index (χ0v) is 15.0. The Kier molecular flexibility index (Phi) is 5.96. The number of aromatic nitrogens is 4. The number of rotatable bonds is 7. The van der Waals surface area contributed by atoms with Crippen molar-refractivity contribution in [2.45, 2.75) is 24.5 Å². The summed E-state index contributed by atoms with van der Waals surface area (Å²) >= 11 is 1.45. The normalized spacial score (nSPS) is 11.9. The SMILES string of the molecule is CC(SCc1nnnn1-c1ccccc1)C(=O)NCc1ccc(F)cc1. The number of carbonyl (C=O) groups excluding carboxylic acids is 1. The Morgan fingerprint density at radius 2 is 1.92 bits per heavy atom. The molecule has 1 N–H and O–H groups in total. The second-order valence-electron chi connectivity index (χ2n) is 5.64. The van der Waals surface area contributed by atoms with Crippen molar-refractivity contribution in [2.24, 2.45) is 0 Å². The number of hydrogen-bond acceptors (Lipinski definition) is 5.